The fourth-order valence-electron chi connectivity index (χ4n) is 3.92. The van der Waals surface area contributed by atoms with E-state index in [1.807, 2.05) is 0 Å². The van der Waals surface area contributed by atoms with Crippen molar-refractivity contribution in [1.82, 2.24) is 24.2 Å². The number of ether oxygens (including phenoxy) is 1. The van der Waals surface area contributed by atoms with Crippen LogP contribution in [0.1, 0.15) is 52.5 Å². The molecule has 1 aliphatic rings. The number of nitrogens with zero attached hydrogens (tertiary/aromatic N) is 4. The molecule has 0 aliphatic carbocycles. The Morgan fingerprint density at radius 2 is 1.92 bits per heavy atom. The monoisotopic (exact) mass is 530 g/mol. The van der Waals surface area contributed by atoms with E-state index in [2.05, 4.69) is 20.6 Å². The topological polar surface area (TPSA) is 136 Å². The van der Waals surface area contributed by atoms with E-state index in [1.165, 1.54) is 16.8 Å². The van der Waals surface area contributed by atoms with E-state index in [1.54, 1.807) is 27.7 Å². The van der Waals surface area contributed by atoms with Crippen LogP contribution in [0.2, 0.25) is 0 Å². The quantitative estimate of drug-likeness (QED) is 0.557. The van der Waals surface area contributed by atoms with Gasteiger partial charge < -0.3 is 15.4 Å². The van der Waals surface area contributed by atoms with Crippen molar-refractivity contribution in [1.29, 1.82) is 0 Å². The second-order valence-electron chi connectivity index (χ2n) is 9.92. The van der Waals surface area contributed by atoms with Gasteiger partial charge in [0.25, 0.3) is 12.0 Å². The van der Waals surface area contributed by atoms with Gasteiger partial charge in [-0.15, -0.1) is 0 Å². The number of pyridine rings is 1. The molecule has 36 heavy (non-hydrogen) atoms. The van der Waals surface area contributed by atoms with Gasteiger partial charge >= 0.3 is 6.09 Å². The van der Waals surface area contributed by atoms with Crippen molar-refractivity contribution in [2.24, 2.45) is 0 Å². The lowest BCUT2D eigenvalue weighted by Crippen LogP contribution is -2.42. The number of sulfonamides is 1. The lowest BCUT2D eigenvalue weighted by atomic mass is 10.1. The standard InChI is InChI=1S/C22H32F2N6O5S/c1-13(26-21(32)35-22(2,3)4)12-30-18-14(10-16(17(23)24)19(30)31)11-25-20(28-18)27-15-6-8-29(9-7-15)36(5,33)34/h10-11,13,15,17H,6-9,12H2,1-5H3,(H,26,32)(H,25,27,28)/t13-/m1/s1. The van der Waals surface area contributed by atoms with Gasteiger partial charge in [-0.05, 0) is 46.6 Å². The Bertz CT molecular complexity index is 1270. The minimum absolute atomic E-state index is 0.103. The van der Waals surface area contributed by atoms with Crippen molar-refractivity contribution < 1.29 is 26.7 Å². The predicted molar refractivity (Wildman–Crippen MR) is 131 cm³/mol. The highest BCUT2D eigenvalue weighted by Crippen LogP contribution is 2.22. The maximum atomic E-state index is 13.6. The number of aromatic nitrogens is 3. The summed E-state index contributed by atoms with van der Waals surface area (Å²) < 4.78 is 58.3. The number of hydrogen-bond acceptors (Lipinski definition) is 8. The number of carbonyl (C=O) groups excluding carboxylic acids is 1. The van der Waals surface area contributed by atoms with E-state index in [0.29, 0.717) is 25.9 Å². The van der Waals surface area contributed by atoms with Crippen molar-refractivity contribution in [2.45, 2.75) is 71.2 Å². The molecule has 200 valence electrons. The highest BCUT2D eigenvalue weighted by molar-refractivity contribution is 7.88. The van der Waals surface area contributed by atoms with E-state index in [-0.39, 0.29) is 29.6 Å². The minimum atomic E-state index is -3.27. The number of alkyl halides is 2. The molecule has 14 heteroatoms. The molecule has 1 atom stereocenters. The molecule has 3 heterocycles. The van der Waals surface area contributed by atoms with Crippen LogP contribution in [0.25, 0.3) is 11.0 Å². The average Bonchev–Trinajstić information content (AvgIpc) is 2.73. The number of nitrogens with one attached hydrogen (secondary N) is 2. The molecule has 11 nitrogen and oxygen atoms in total. The summed E-state index contributed by atoms with van der Waals surface area (Å²) in [5.74, 6) is 0.186. The molecule has 0 saturated carbocycles. The first-order valence-electron chi connectivity index (χ1n) is 11.5. The number of hydrogen-bond donors (Lipinski definition) is 2. The zero-order valence-corrected chi connectivity index (χ0v) is 21.7. The number of fused-ring (bicyclic) bond motifs is 1. The Hall–Kier alpha value is -2.87. The van der Waals surface area contributed by atoms with E-state index in [9.17, 15) is 26.8 Å². The molecule has 0 bridgehead atoms. The lowest BCUT2D eigenvalue weighted by molar-refractivity contribution is 0.0504. The first kappa shape index (κ1) is 27.7. The Morgan fingerprint density at radius 3 is 2.47 bits per heavy atom. The number of alkyl carbamates (subject to hydrolysis) is 1. The molecule has 3 rings (SSSR count). The van der Waals surface area contributed by atoms with Crippen LogP contribution in [0.4, 0.5) is 19.5 Å². The SMILES string of the molecule is C[C@H](Cn1c(=O)c(C(F)F)cc2cnc(NC3CCN(S(C)(=O)=O)CC3)nc21)NC(=O)OC(C)(C)C. The normalized spacial score (nSPS) is 16.8. The van der Waals surface area contributed by atoms with Crippen LogP contribution in [0.3, 0.4) is 0 Å². The zero-order chi connectivity index (χ0) is 26.8. The Balaban J connectivity index is 1.86. The maximum Gasteiger partial charge on any atom is 0.407 e. The smallest absolute Gasteiger partial charge is 0.407 e. The number of amides is 1. The zero-order valence-electron chi connectivity index (χ0n) is 20.9. The lowest BCUT2D eigenvalue weighted by Gasteiger charge is -2.30. The van der Waals surface area contributed by atoms with Gasteiger partial charge in [-0.25, -0.2) is 31.3 Å². The van der Waals surface area contributed by atoms with Gasteiger partial charge in [0.2, 0.25) is 16.0 Å². The van der Waals surface area contributed by atoms with Gasteiger partial charge in [-0.2, -0.15) is 4.98 Å². The Morgan fingerprint density at radius 1 is 1.28 bits per heavy atom. The first-order valence-corrected chi connectivity index (χ1v) is 13.4. The van der Waals surface area contributed by atoms with Crippen molar-refractivity contribution in [3.8, 4) is 0 Å². The molecule has 1 amide bonds. The second kappa shape index (κ2) is 10.6. The van der Waals surface area contributed by atoms with Crippen LogP contribution < -0.4 is 16.2 Å². The summed E-state index contributed by atoms with van der Waals surface area (Å²) in [6.45, 7) is 7.31. The molecule has 2 aromatic heterocycles. The van der Waals surface area contributed by atoms with Crippen molar-refractivity contribution in [3.63, 3.8) is 0 Å². The molecular weight excluding hydrogens is 498 g/mol. The van der Waals surface area contributed by atoms with Crippen LogP contribution in [0, 0.1) is 0 Å². The first-order chi connectivity index (χ1) is 16.6. The summed E-state index contributed by atoms with van der Waals surface area (Å²) in [4.78, 5) is 33.6. The van der Waals surface area contributed by atoms with Crippen LogP contribution in [-0.4, -0.2) is 70.4 Å². The van der Waals surface area contributed by atoms with E-state index in [0.717, 1.165) is 10.6 Å². The maximum absolute atomic E-state index is 13.6. The Kier molecular flexibility index (Phi) is 8.18. The van der Waals surface area contributed by atoms with Gasteiger partial charge in [0.15, 0.2) is 0 Å². The van der Waals surface area contributed by atoms with Crippen LogP contribution >= 0.6 is 0 Å². The van der Waals surface area contributed by atoms with Gasteiger partial charge in [-0.3, -0.25) is 9.36 Å². The summed E-state index contributed by atoms with van der Waals surface area (Å²) in [6.07, 6.45) is -0.122. The fourth-order valence-corrected chi connectivity index (χ4v) is 4.79. The number of piperidine rings is 1. The average molecular weight is 531 g/mol. The Labute approximate surface area is 208 Å². The molecule has 0 spiro atoms. The van der Waals surface area contributed by atoms with Crippen molar-refractivity contribution in [3.05, 3.63) is 28.2 Å². The second-order valence-corrected chi connectivity index (χ2v) is 11.9. The van der Waals surface area contributed by atoms with Crippen molar-refractivity contribution >= 4 is 33.1 Å². The fraction of sp³-hybridized carbons (Fsp3) is 0.636. The van der Waals surface area contributed by atoms with E-state index in [4.69, 9.17) is 4.74 Å². The summed E-state index contributed by atoms with van der Waals surface area (Å²) in [5.41, 5.74) is -2.20. The third-order valence-electron chi connectivity index (χ3n) is 5.57. The van der Waals surface area contributed by atoms with Crippen molar-refractivity contribution in [2.75, 3.05) is 24.7 Å². The molecular formula is C22H32F2N6O5S. The summed E-state index contributed by atoms with van der Waals surface area (Å²) in [5, 5.41) is 5.99. The molecule has 0 unspecified atom stereocenters. The summed E-state index contributed by atoms with van der Waals surface area (Å²) >= 11 is 0. The van der Waals surface area contributed by atoms with Crippen LogP contribution in [-0.2, 0) is 21.3 Å². The van der Waals surface area contributed by atoms with Crippen LogP contribution in [0.5, 0.6) is 0 Å². The molecule has 1 saturated heterocycles. The predicted octanol–water partition coefficient (Wildman–Crippen LogP) is 2.48. The third kappa shape index (κ3) is 7.09. The molecule has 2 N–H and O–H groups in total. The number of rotatable bonds is 7. The van der Waals surface area contributed by atoms with Gasteiger partial charge in [0, 0.05) is 43.3 Å². The molecule has 0 aromatic carbocycles. The molecule has 1 fully saturated rings. The molecule has 0 radical (unpaired) electrons. The molecule has 2 aromatic rings. The molecule has 1 aliphatic heterocycles. The van der Waals surface area contributed by atoms with Gasteiger partial charge in [0.1, 0.15) is 11.2 Å². The van der Waals surface area contributed by atoms with Crippen LogP contribution in [0.15, 0.2) is 17.1 Å². The number of anilines is 1. The van der Waals surface area contributed by atoms with Gasteiger partial charge in [0.05, 0.1) is 11.8 Å². The van der Waals surface area contributed by atoms with E-state index >= 15 is 0 Å². The highest BCUT2D eigenvalue weighted by Gasteiger charge is 2.26. The number of halogens is 2. The largest absolute Gasteiger partial charge is 0.444 e. The highest BCUT2D eigenvalue weighted by atomic mass is 32.2. The third-order valence-corrected chi connectivity index (χ3v) is 6.87. The van der Waals surface area contributed by atoms with E-state index < -0.39 is 45.3 Å². The van der Waals surface area contributed by atoms with Gasteiger partial charge in [-0.1, -0.05) is 0 Å². The minimum Gasteiger partial charge on any atom is -0.444 e. The summed E-state index contributed by atoms with van der Waals surface area (Å²) in [6, 6.07) is 0.327. The summed E-state index contributed by atoms with van der Waals surface area (Å²) in [7, 11) is -3.27. The number of carbonyl (C=O) groups is 1.